The molecule has 2 nitrogen and oxygen atoms in total. The van der Waals surface area contributed by atoms with Crippen molar-refractivity contribution in [3.05, 3.63) is 0 Å². The van der Waals surface area contributed by atoms with Crippen molar-refractivity contribution >= 4 is 22.6 Å². The summed E-state index contributed by atoms with van der Waals surface area (Å²) >= 11 is 2.40. The second-order valence-corrected chi connectivity index (χ2v) is 4.70. The molecular weight excluding hydrogens is 255 g/mol. The SMILES string of the molecule is CC(C)C(I)C1(C)OCCO1. The molecule has 0 aromatic rings. The standard InChI is InChI=1S/C8H15IO2/c1-6(2)7(9)8(3)10-4-5-11-8/h6-7H,4-5H2,1-3H3. The molecule has 0 bridgehead atoms. The van der Waals surface area contributed by atoms with Crippen molar-refractivity contribution in [2.45, 2.75) is 30.5 Å². The van der Waals surface area contributed by atoms with Crippen LogP contribution >= 0.6 is 22.6 Å². The maximum atomic E-state index is 5.53. The fourth-order valence-corrected chi connectivity index (χ4v) is 1.65. The minimum absolute atomic E-state index is 0.339. The summed E-state index contributed by atoms with van der Waals surface area (Å²) in [6, 6.07) is 0. The molecule has 1 rings (SSSR count). The van der Waals surface area contributed by atoms with Crippen molar-refractivity contribution in [2.24, 2.45) is 5.92 Å². The number of hydrogen-bond donors (Lipinski definition) is 0. The van der Waals surface area contributed by atoms with Gasteiger partial charge >= 0.3 is 0 Å². The molecule has 11 heavy (non-hydrogen) atoms. The Morgan fingerprint density at radius 1 is 1.27 bits per heavy atom. The van der Waals surface area contributed by atoms with Gasteiger partial charge in [0, 0.05) is 0 Å². The molecule has 1 heterocycles. The Bertz CT molecular complexity index is 130. The summed E-state index contributed by atoms with van der Waals surface area (Å²) in [5.74, 6) is 0.257. The number of halogens is 1. The predicted octanol–water partition coefficient (Wildman–Crippen LogP) is 2.21. The summed E-state index contributed by atoms with van der Waals surface area (Å²) in [5, 5.41) is 0. The maximum absolute atomic E-state index is 5.53. The second-order valence-electron chi connectivity index (χ2n) is 3.36. The maximum Gasteiger partial charge on any atom is 0.177 e. The van der Waals surface area contributed by atoms with E-state index in [1.54, 1.807) is 0 Å². The van der Waals surface area contributed by atoms with Crippen LogP contribution in [0.4, 0.5) is 0 Å². The number of rotatable bonds is 2. The molecule has 1 fully saturated rings. The first-order valence-corrected chi connectivity index (χ1v) is 5.23. The molecule has 0 saturated carbocycles. The van der Waals surface area contributed by atoms with Crippen molar-refractivity contribution in [3.63, 3.8) is 0 Å². The van der Waals surface area contributed by atoms with Gasteiger partial charge in [-0.15, -0.1) is 0 Å². The molecule has 0 aromatic carbocycles. The van der Waals surface area contributed by atoms with Crippen LogP contribution in [0.15, 0.2) is 0 Å². The van der Waals surface area contributed by atoms with Crippen LogP contribution in [0, 0.1) is 5.92 Å². The topological polar surface area (TPSA) is 18.5 Å². The van der Waals surface area contributed by atoms with Crippen molar-refractivity contribution in [1.82, 2.24) is 0 Å². The highest BCUT2D eigenvalue weighted by molar-refractivity contribution is 14.1. The molecule has 0 aromatic heterocycles. The molecule has 66 valence electrons. The van der Waals surface area contributed by atoms with E-state index in [0.29, 0.717) is 9.84 Å². The molecule has 0 spiro atoms. The minimum Gasteiger partial charge on any atom is -0.347 e. The zero-order valence-electron chi connectivity index (χ0n) is 7.26. The molecule has 0 amide bonds. The Kier molecular flexibility index (Phi) is 3.17. The van der Waals surface area contributed by atoms with E-state index in [-0.39, 0.29) is 5.79 Å². The summed E-state index contributed by atoms with van der Waals surface area (Å²) in [4.78, 5) is 0. The number of ether oxygens (including phenoxy) is 2. The van der Waals surface area contributed by atoms with Gasteiger partial charge in [0.05, 0.1) is 17.1 Å². The third kappa shape index (κ3) is 2.06. The van der Waals surface area contributed by atoms with Crippen LogP contribution in [0.5, 0.6) is 0 Å². The molecule has 1 saturated heterocycles. The van der Waals surface area contributed by atoms with Crippen LogP contribution in [0.3, 0.4) is 0 Å². The third-order valence-electron chi connectivity index (χ3n) is 1.95. The number of hydrogen-bond acceptors (Lipinski definition) is 2. The van der Waals surface area contributed by atoms with E-state index >= 15 is 0 Å². The smallest absolute Gasteiger partial charge is 0.177 e. The Hall–Kier alpha value is 0.650. The lowest BCUT2D eigenvalue weighted by atomic mass is 10.0. The van der Waals surface area contributed by atoms with Crippen molar-refractivity contribution in [3.8, 4) is 0 Å². The first kappa shape index (κ1) is 9.74. The molecule has 0 radical (unpaired) electrons. The molecule has 1 atom stereocenters. The van der Waals surface area contributed by atoms with Gasteiger partial charge in [-0.25, -0.2) is 0 Å². The van der Waals surface area contributed by atoms with E-state index in [2.05, 4.69) is 36.4 Å². The fourth-order valence-electron chi connectivity index (χ4n) is 1.30. The Labute approximate surface area is 81.8 Å². The Morgan fingerprint density at radius 2 is 1.73 bits per heavy atom. The molecule has 0 N–H and O–H groups in total. The van der Waals surface area contributed by atoms with Gasteiger partial charge in [0.2, 0.25) is 0 Å². The Balaban J connectivity index is 2.56. The van der Waals surface area contributed by atoms with Gasteiger partial charge in [-0.3, -0.25) is 0 Å². The molecule has 3 heteroatoms. The van der Waals surface area contributed by atoms with Crippen LogP contribution in [-0.4, -0.2) is 22.9 Å². The third-order valence-corrected chi connectivity index (χ3v) is 4.52. The van der Waals surface area contributed by atoms with E-state index in [1.165, 1.54) is 0 Å². The summed E-state index contributed by atoms with van der Waals surface area (Å²) in [5.41, 5.74) is 0. The summed E-state index contributed by atoms with van der Waals surface area (Å²) < 4.78 is 11.5. The van der Waals surface area contributed by atoms with E-state index in [9.17, 15) is 0 Å². The Morgan fingerprint density at radius 3 is 2.09 bits per heavy atom. The van der Waals surface area contributed by atoms with Crippen molar-refractivity contribution in [2.75, 3.05) is 13.2 Å². The molecular formula is C8H15IO2. The van der Waals surface area contributed by atoms with Crippen LogP contribution in [-0.2, 0) is 9.47 Å². The van der Waals surface area contributed by atoms with Crippen LogP contribution in [0.25, 0.3) is 0 Å². The highest BCUT2D eigenvalue weighted by Crippen LogP contribution is 2.32. The van der Waals surface area contributed by atoms with E-state index in [1.807, 2.05) is 6.92 Å². The van der Waals surface area contributed by atoms with Gasteiger partial charge in [-0.2, -0.15) is 0 Å². The normalized spacial score (nSPS) is 25.9. The van der Waals surface area contributed by atoms with Gasteiger partial charge in [0.25, 0.3) is 0 Å². The van der Waals surface area contributed by atoms with Crippen LogP contribution in [0.1, 0.15) is 20.8 Å². The highest BCUT2D eigenvalue weighted by Gasteiger charge is 2.39. The van der Waals surface area contributed by atoms with Gasteiger partial charge in [0.1, 0.15) is 0 Å². The van der Waals surface area contributed by atoms with Gasteiger partial charge in [-0.1, -0.05) is 36.4 Å². The quantitative estimate of drug-likeness (QED) is 0.565. The zero-order valence-corrected chi connectivity index (χ0v) is 9.42. The van der Waals surface area contributed by atoms with Gasteiger partial charge in [-0.05, 0) is 12.8 Å². The lowest BCUT2D eigenvalue weighted by Crippen LogP contribution is -2.39. The van der Waals surface area contributed by atoms with Crippen molar-refractivity contribution in [1.29, 1.82) is 0 Å². The van der Waals surface area contributed by atoms with Gasteiger partial charge < -0.3 is 9.47 Å². The van der Waals surface area contributed by atoms with E-state index < -0.39 is 0 Å². The molecule has 1 aliphatic heterocycles. The van der Waals surface area contributed by atoms with Crippen LogP contribution < -0.4 is 0 Å². The molecule has 0 aliphatic carbocycles. The zero-order chi connectivity index (χ0) is 8.48. The average molecular weight is 270 g/mol. The predicted molar refractivity (Wildman–Crippen MR) is 53.0 cm³/mol. The summed E-state index contributed by atoms with van der Waals surface area (Å²) in [6.07, 6.45) is 0. The fraction of sp³-hybridized carbons (Fsp3) is 1.00. The first-order valence-electron chi connectivity index (χ1n) is 3.98. The van der Waals surface area contributed by atoms with E-state index in [4.69, 9.17) is 9.47 Å². The minimum atomic E-state index is -0.339. The molecule has 1 aliphatic rings. The van der Waals surface area contributed by atoms with Gasteiger partial charge in [0.15, 0.2) is 5.79 Å². The second kappa shape index (κ2) is 3.58. The lowest BCUT2D eigenvalue weighted by molar-refractivity contribution is -0.143. The summed E-state index contributed by atoms with van der Waals surface area (Å²) in [7, 11) is 0. The number of alkyl halides is 1. The first-order chi connectivity index (χ1) is 5.06. The monoisotopic (exact) mass is 270 g/mol. The van der Waals surface area contributed by atoms with Crippen molar-refractivity contribution < 1.29 is 9.47 Å². The highest BCUT2D eigenvalue weighted by atomic mass is 127. The molecule has 1 unspecified atom stereocenters. The van der Waals surface area contributed by atoms with E-state index in [0.717, 1.165) is 13.2 Å². The lowest BCUT2D eigenvalue weighted by Gasteiger charge is -2.30. The largest absolute Gasteiger partial charge is 0.347 e. The van der Waals surface area contributed by atoms with Crippen LogP contribution in [0.2, 0.25) is 0 Å². The summed E-state index contributed by atoms with van der Waals surface area (Å²) in [6.45, 7) is 7.88. The average Bonchev–Trinajstić information content (AvgIpc) is 2.35.